The van der Waals surface area contributed by atoms with Crippen molar-refractivity contribution in [2.24, 2.45) is 0 Å². The summed E-state index contributed by atoms with van der Waals surface area (Å²) in [5.41, 5.74) is -0.0222. The Kier molecular flexibility index (Phi) is 7.78. The first-order chi connectivity index (χ1) is 7.60. The first-order valence-corrected chi connectivity index (χ1v) is 4.65. The number of nitrogens with one attached hydrogen (secondary N) is 2. The number of hydrogen-bond acceptors (Lipinski definition) is 6. The zero-order valence-corrected chi connectivity index (χ0v) is 9.37. The van der Waals surface area contributed by atoms with Crippen LogP contribution < -0.4 is 5.32 Å². The van der Waals surface area contributed by atoms with E-state index >= 15 is 0 Å². The molecule has 7 heteroatoms. The van der Waals surface area contributed by atoms with Crippen LogP contribution in [0.5, 0.6) is 0 Å². The van der Waals surface area contributed by atoms with Crippen LogP contribution in [0.2, 0.25) is 0 Å². The van der Waals surface area contributed by atoms with Crippen LogP contribution in [0.1, 0.15) is 6.42 Å². The molecule has 0 aliphatic carbocycles. The Morgan fingerprint density at radius 2 is 1.94 bits per heavy atom. The van der Waals surface area contributed by atoms with Crippen molar-refractivity contribution < 1.29 is 23.8 Å². The molecule has 0 aromatic heterocycles. The molecule has 0 atom stereocenters. The maximum atomic E-state index is 11.1. The van der Waals surface area contributed by atoms with Crippen LogP contribution in [-0.2, 0) is 19.0 Å². The Morgan fingerprint density at radius 3 is 2.50 bits per heavy atom. The first-order valence-electron chi connectivity index (χ1n) is 4.65. The van der Waals surface area contributed by atoms with E-state index in [-0.39, 0.29) is 25.3 Å². The number of carbonyl (C=O) groups excluding carboxylic acids is 2. The maximum absolute atomic E-state index is 11.1. The third-order valence-corrected chi connectivity index (χ3v) is 1.49. The normalized spacial score (nSPS) is 9.38. The van der Waals surface area contributed by atoms with E-state index in [1.807, 2.05) is 0 Å². The zero-order valence-electron chi connectivity index (χ0n) is 9.37. The molecular formula is C9H16N2O5. The molecule has 0 rings (SSSR count). The lowest BCUT2D eigenvalue weighted by Crippen LogP contribution is -2.24. The largest absolute Gasteiger partial charge is 0.463 e. The van der Waals surface area contributed by atoms with Gasteiger partial charge in [0.15, 0.2) is 0 Å². The smallest absolute Gasteiger partial charge is 0.407 e. The van der Waals surface area contributed by atoms with Gasteiger partial charge in [-0.3, -0.25) is 4.79 Å². The van der Waals surface area contributed by atoms with Crippen LogP contribution in [0, 0.1) is 5.41 Å². The highest BCUT2D eigenvalue weighted by Gasteiger charge is 2.09. The van der Waals surface area contributed by atoms with Crippen molar-refractivity contribution in [2.45, 2.75) is 6.42 Å². The summed E-state index contributed by atoms with van der Waals surface area (Å²) in [5.74, 6) is -0.539. The van der Waals surface area contributed by atoms with Gasteiger partial charge in [0, 0.05) is 14.2 Å². The van der Waals surface area contributed by atoms with Gasteiger partial charge in [-0.15, -0.1) is 0 Å². The summed E-state index contributed by atoms with van der Waals surface area (Å²) in [6, 6.07) is 0. The number of ether oxygens (including phenoxy) is 3. The summed E-state index contributed by atoms with van der Waals surface area (Å²) in [4.78, 5) is 21.7. The summed E-state index contributed by atoms with van der Waals surface area (Å²) in [6.45, 7) is 0.242. The third-order valence-electron chi connectivity index (χ3n) is 1.49. The van der Waals surface area contributed by atoms with E-state index in [2.05, 4.69) is 14.8 Å². The van der Waals surface area contributed by atoms with Crippen molar-refractivity contribution in [2.75, 3.05) is 34.0 Å². The lowest BCUT2D eigenvalue weighted by molar-refractivity contribution is -0.143. The van der Waals surface area contributed by atoms with Gasteiger partial charge in [-0.05, 0) is 0 Å². The number of esters is 1. The van der Waals surface area contributed by atoms with E-state index in [0.29, 0.717) is 6.61 Å². The van der Waals surface area contributed by atoms with E-state index in [1.54, 1.807) is 0 Å². The third kappa shape index (κ3) is 7.74. The molecule has 0 spiro atoms. The first kappa shape index (κ1) is 14.4. The summed E-state index contributed by atoms with van der Waals surface area (Å²) in [5, 5.41) is 9.56. The molecule has 0 fully saturated rings. The SMILES string of the molecule is CNC(=O)OCC(=N)CC(=O)OCCOC. The molecule has 0 unspecified atom stereocenters. The van der Waals surface area contributed by atoms with Crippen LogP contribution in [0.4, 0.5) is 4.79 Å². The van der Waals surface area contributed by atoms with Gasteiger partial charge in [0.05, 0.1) is 18.7 Å². The van der Waals surface area contributed by atoms with Crippen molar-refractivity contribution in [3.63, 3.8) is 0 Å². The van der Waals surface area contributed by atoms with Crippen LogP contribution in [-0.4, -0.2) is 51.8 Å². The number of hydrogen-bond donors (Lipinski definition) is 2. The monoisotopic (exact) mass is 232 g/mol. The van der Waals surface area contributed by atoms with Crippen molar-refractivity contribution in [3.05, 3.63) is 0 Å². The number of alkyl carbamates (subject to hydrolysis) is 1. The molecule has 2 N–H and O–H groups in total. The highest BCUT2D eigenvalue weighted by Crippen LogP contribution is 1.91. The lowest BCUT2D eigenvalue weighted by Gasteiger charge is -2.06. The van der Waals surface area contributed by atoms with E-state index in [1.165, 1.54) is 14.2 Å². The topological polar surface area (TPSA) is 97.7 Å². The molecule has 92 valence electrons. The minimum absolute atomic E-state index is 0.0222. The predicted octanol–water partition coefficient (Wildman–Crippen LogP) is -0.0581. The van der Waals surface area contributed by atoms with Gasteiger partial charge in [0.25, 0.3) is 0 Å². The minimum atomic E-state index is -0.641. The fourth-order valence-electron chi connectivity index (χ4n) is 0.740. The highest BCUT2D eigenvalue weighted by atomic mass is 16.6. The molecule has 0 bridgehead atoms. The van der Waals surface area contributed by atoms with E-state index in [0.717, 1.165) is 0 Å². The van der Waals surface area contributed by atoms with Crippen LogP contribution in [0.15, 0.2) is 0 Å². The number of rotatable bonds is 7. The second-order valence-electron chi connectivity index (χ2n) is 2.82. The number of amides is 1. The van der Waals surface area contributed by atoms with Crippen LogP contribution in [0.25, 0.3) is 0 Å². The molecule has 0 aromatic rings. The van der Waals surface area contributed by atoms with Crippen LogP contribution in [0.3, 0.4) is 0 Å². The quantitative estimate of drug-likeness (QED) is 0.364. The Labute approximate surface area is 93.6 Å². The summed E-state index contributed by atoms with van der Waals surface area (Å²) >= 11 is 0. The molecule has 0 heterocycles. The highest BCUT2D eigenvalue weighted by molar-refractivity contribution is 5.98. The standard InChI is InChI=1S/C9H16N2O5/c1-11-9(13)16-6-7(10)5-8(12)15-4-3-14-2/h10H,3-6H2,1-2H3,(H,11,13). The molecule has 0 aliphatic heterocycles. The van der Waals surface area contributed by atoms with Crippen molar-refractivity contribution in [3.8, 4) is 0 Å². The van der Waals surface area contributed by atoms with Crippen molar-refractivity contribution >= 4 is 17.8 Å². The number of carbonyl (C=O) groups is 2. The molecule has 0 saturated carbocycles. The van der Waals surface area contributed by atoms with E-state index in [4.69, 9.17) is 10.1 Å². The lowest BCUT2D eigenvalue weighted by atomic mass is 10.3. The molecule has 16 heavy (non-hydrogen) atoms. The van der Waals surface area contributed by atoms with Gasteiger partial charge in [0.1, 0.15) is 13.2 Å². The van der Waals surface area contributed by atoms with E-state index in [9.17, 15) is 9.59 Å². The fourth-order valence-corrected chi connectivity index (χ4v) is 0.740. The van der Waals surface area contributed by atoms with Crippen LogP contribution >= 0.6 is 0 Å². The minimum Gasteiger partial charge on any atom is -0.463 e. The Bertz CT molecular complexity index is 254. The molecular weight excluding hydrogens is 216 g/mol. The maximum Gasteiger partial charge on any atom is 0.407 e. The van der Waals surface area contributed by atoms with Gasteiger partial charge in [-0.2, -0.15) is 0 Å². The van der Waals surface area contributed by atoms with Gasteiger partial charge in [-0.1, -0.05) is 0 Å². The van der Waals surface area contributed by atoms with Gasteiger partial charge in [-0.25, -0.2) is 4.79 Å². The average molecular weight is 232 g/mol. The van der Waals surface area contributed by atoms with E-state index < -0.39 is 12.1 Å². The van der Waals surface area contributed by atoms with Gasteiger partial charge < -0.3 is 24.9 Å². The predicted molar refractivity (Wildman–Crippen MR) is 55.6 cm³/mol. The summed E-state index contributed by atoms with van der Waals surface area (Å²) in [6.07, 6.45) is -0.835. The number of methoxy groups -OCH3 is 1. The second kappa shape index (κ2) is 8.66. The van der Waals surface area contributed by atoms with Gasteiger partial charge in [0.2, 0.25) is 0 Å². The van der Waals surface area contributed by atoms with Crippen molar-refractivity contribution in [1.82, 2.24) is 5.32 Å². The average Bonchev–Trinajstić information content (AvgIpc) is 2.26. The zero-order chi connectivity index (χ0) is 12.4. The Morgan fingerprint density at radius 1 is 1.25 bits per heavy atom. The van der Waals surface area contributed by atoms with Crippen molar-refractivity contribution in [1.29, 1.82) is 5.41 Å². The molecule has 0 radical (unpaired) electrons. The fraction of sp³-hybridized carbons (Fsp3) is 0.667. The summed E-state index contributed by atoms with van der Waals surface area (Å²) in [7, 11) is 2.90. The molecule has 0 aliphatic rings. The second-order valence-corrected chi connectivity index (χ2v) is 2.82. The molecule has 0 saturated heterocycles. The summed E-state index contributed by atoms with van der Waals surface area (Å²) < 4.78 is 14.0. The Balaban J connectivity index is 3.62. The molecule has 1 amide bonds. The molecule has 0 aromatic carbocycles. The molecule has 7 nitrogen and oxygen atoms in total. The Hall–Kier alpha value is -1.63. The van der Waals surface area contributed by atoms with Gasteiger partial charge >= 0.3 is 12.1 Å².